The van der Waals surface area contributed by atoms with Gasteiger partial charge in [-0.2, -0.15) is 4.39 Å². The lowest BCUT2D eigenvalue weighted by atomic mass is 9.92. The molecule has 2 heterocycles. The molecule has 1 fully saturated rings. The van der Waals surface area contributed by atoms with E-state index in [4.69, 9.17) is 0 Å². The summed E-state index contributed by atoms with van der Waals surface area (Å²) in [6.07, 6.45) is 4.54. The van der Waals surface area contributed by atoms with Gasteiger partial charge in [-0.1, -0.05) is 25.8 Å². The highest BCUT2D eigenvalue weighted by molar-refractivity contribution is 5.92. The first-order chi connectivity index (χ1) is 8.70. The van der Waals surface area contributed by atoms with Gasteiger partial charge in [0.05, 0.1) is 0 Å². The minimum absolute atomic E-state index is 0.149. The van der Waals surface area contributed by atoms with E-state index < -0.39 is 5.95 Å². The van der Waals surface area contributed by atoms with E-state index in [2.05, 4.69) is 11.9 Å². The molecule has 0 saturated carbocycles. The number of halogens is 1. The van der Waals surface area contributed by atoms with Crippen LogP contribution in [-0.2, 0) is 0 Å². The Hall–Kier alpha value is -1.45. The van der Waals surface area contributed by atoms with Crippen LogP contribution in [0.3, 0.4) is 0 Å². The minimum atomic E-state index is -0.596. The summed E-state index contributed by atoms with van der Waals surface area (Å²) in [6.45, 7) is 3.72. The Kier molecular flexibility index (Phi) is 4.28. The van der Waals surface area contributed by atoms with Crippen molar-refractivity contribution >= 4 is 5.91 Å². The summed E-state index contributed by atoms with van der Waals surface area (Å²) in [5, 5.41) is 0. The van der Waals surface area contributed by atoms with Crippen LogP contribution in [0.15, 0.2) is 18.2 Å². The van der Waals surface area contributed by atoms with Gasteiger partial charge in [-0.25, -0.2) is 4.98 Å². The summed E-state index contributed by atoms with van der Waals surface area (Å²) in [4.78, 5) is 17.5. The van der Waals surface area contributed by atoms with E-state index >= 15 is 0 Å². The van der Waals surface area contributed by atoms with Crippen molar-refractivity contribution < 1.29 is 9.18 Å². The summed E-state index contributed by atoms with van der Waals surface area (Å²) in [5.41, 5.74) is 0.212. The summed E-state index contributed by atoms with van der Waals surface area (Å²) in [6, 6.07) is 4.35. The molecule has 0 aliphatic carbocycles. The highest BCUT2D eigenvalue weighted by Gasteiger charge is 2.23. The van der Waals surface area contributed by atoms with E-state index in [-0.39, 0.29) is 11.6 Å². The van der Waals surface area contributed by atoms with Crippen molar-refractivity contribution in [2.24, 2.45) is 5.92 Å². The highest BCUT2D eigenvalue weighted by Crippen LogP contribution is 2.22. The molecule has 2 rings (SSSR count). The topological polar surface area (TPSA) is 33.2 Å². The van der Waals surface area contributed by atoms with Gasteiger partial charge in [-0.15, -0.1) is 0 Å². The number of amides is 1. The molecule has 1 aromatic rings. The molecule has 0 aromatic carbocycles. The third-order valence-electron chi connectivity index (χ3n) is 3.53. The Balaban J connectivity index is 1.95. The van der Waals surface area contributed by atoms with E-state index in [1.807, 2.05) is 0 Å². The molecule has 98 valence electrons. The Bertz CT molecular complexity index is 414. The maximum atomic E-state index is 13.0. The van der Waals surface area contributed by atoms with Crippen molar-refractivity contribution in [3.8, 4) is 0 Å². The van der Waals surface area contributed by atoms with Crippen molar-refractivity contribution in [1.82, 2.24) is 9.88 Å². The third-order valence-corrected chi connectivity index (χ3v) is 3.53. The molecule has 3 nitrogen and oxygen atoms in total. The van der Waals surface area contributed by atoms with E-state index in [0.29, 0.717) is 0 Å². The van der Waals surface area contributed by atoms with Crippen LogP contribution in [0.1, 0.15) is 43.1 Å². The monoisotopic (exact) mass is 250 g/mol. The molecule has 0 spiro atoms. The maximum absolute atomic E-state index is 13.0. The minimum Gasteiger partial charge on any atom is -0.337 e. The molecule has 18 heavy (non-hydrogen) atoms. The average molecular weight is 250 g/mol. The summed E-state index contributed by atoms with van der Waals surface area (Å²) in [5.74, 6) is -0.00862. The molecule has 4 heteroatoms. The van der Waals surface area contributed by atoms with Crippen LogP contribution < -0.4 is 0 Å². The average Bonchev–Trinajstić information content (AvgIpc) is 2.39. The molecule has 0 N–H and O–H groups in total. The highest BCUT2D eigenvalue weighted by atomic mass is 19.1. The number of piperidine rings is 1. The first kappa shape index (κ1) is 13.0. The summed E-state index contributed by atoms with van der Waals surface area (Å²) < 4.78 is 13.0. The predicted molar refractivity (Wildman–Crippen MR) is 67.7 cm³/mol. The van der Waals surface area contributed by atoms with Gasteiger partial charge in [0.25, 0.3) is 5.91 Å². The molecule has 1 saturated heterocycles. The van der Waals surface area contributed by atoms with Crippen LogP contribution in [0.25, 0.3) is 0 Å². The van der Waals surface area contributed by atoms with Crippen molar-refractivity contribution in [2.75, 3.05) is 13.1 Å². The van der Waals surface area contributed by atoms with Crippen molar-refractivity contribution in [3.05, 3.63) is 29.8 Å². The van der Waals surface area contributed by atoms with Gasteiger partial charge in [0, 0.05) is 13.1 Å². The van der Waals surface area contributed by atoms with Gasteiger partial charge in [0.1, 0.15) is 5.69 Å². The van der Waals surface area contributed by atoms with Crippen LogP contribution in [0.4, 0.5) is 4.39 Å². The smallest absolute Gasteiger partial charge is 0.272 e. The van der Waals surface area contributed by atoms with Gasteiger partial charge in [-0.3, -0.25) is 4.79 Å². The van der Waals surface area contributed by atoms with Gasteiger partial charge < -0.3 is 4.90 Å². The lowest BCUT2D eigenvalue weighted by Crippen LogP contribution is -2.38. The Morgan fingerprint density at radius 1 is 1.44 bits per heavy atom. The quantitative estimate of drug-likeness (QED) is 0.773. The van der Waals surface area contributed by atoms with E-state index in [0.717, 1.165) is 31.8 Å². The molecule has 0 bridgehead atoms. The zero-order valence-corrected chi connectivity index (χ0v) is 10.7. The molecule has 1 aliphatic rings. The summed E-state index contributed by atoms with van der Waals surface area (Å²) >= 11 is 0. The molecule has 1 amide bonds. The van der Waals surface area contributed by atoms with Gasteiger partial charge >= 0.3 is 0 Å². The van der Waals surface area contributed by atoms with E-state index in [1.165, 1.54) is 25.0 Å². The molecular weight excluding hydrogens is 231 g/mol. The Morgan fingerprint density at radius 3 is 2.78 bits per heavy atom. The maximum Gasteiger partial charge on any atom is 0.272 e. The molecule has 0 radical (unpaired) electrons. The second-order valence-electron chi connectivity index (χ2n) is 4.87. The second-order valence-corrected chi connectivity index (χ2v) is 4.87. The number of rotatable bonds is 3. The number of carbonyl (C=O) groups is 1. The number of nitrogens with zero attached hydrogens (tertiary/aromatic N) is 2. The third kappa shape index (κ3) is 3.06. The first-order valence-corrected chi connectivity index (χ1v) is 6.62. The van der Waals surface area contributed by atoms with Gasteiger partial charge in [-0.05, 0) is 30.9 Å². The molecular formula is C14H19FN2O. The van der Waals surface area contributed by atoms with Gasteiger partial charge in [0.15, 0.2) is 0 Å². The first-order valence-electron chi connectivity index (χ1n) is 6.62. The number of aromatic nitrogens is 1. The Labute approximate surface area is 107 Å². The molecule has 1 aliphatic heterocycles. The largest absolute Gasteiger partial charge is 0.337 e. The van der Waals surface area contributed by atoms with Crippen molar-refractivity contribution in [2.45, 2.75) is 32.6 Å². The number of hydrogen-bond donors (Lipinski definition) is 0. The van der Waals surface area contributed by atoms with Crippen LogP contribution >= 0.6 is 0 Å². The zero-order valence-electron chi connectivity index (χ0n) is 10.7. The fourth-order valence-corrected chi connectivity index (χ4v) is 2.52. The lowest BCUT2D eigenvalue weighted by molar-refractivity contribution is 0.0679. The lowest BCUT2D eigenvalue weighted by Gasteiger charge is -2.31. The predicted octanol–water partition coefficient (Wildman–Crippen LogP) is 2.87. The van der Waals surface area contributed by atoms with Crippen LogP contribution in [0.2, 0.25) is 0 Å². The van der Waals surface area contributed by atoms with Crippen LogP contribution in [0, 0.1) is 11.9 Å². The van der Waals surface area contributed by atoms with Crippen molar-refractivity contribution in [1.29, 1.82) is 0 Å². The number of pyridine rings is 1. The van der Waals surface area contributed by atoms with E-state index in [9.17, 15) is 9.18 Å². The molecule has 0 unspecified atom stereocenters. The van der Waals surface area contributed by atoms with E-state index in [1.54, 1.807) is 11.0 Å². The normalized spacial score (nSPS) is 16.9. The summed E-state index contributed by atoms with van der Waals surface area (Å²) in [7, 11) is 0. The number of likely N-dealkylation sites (tertiary alicyclic amines) is 1. The molecule has 0 atom stereocenters. The van der Waals surface area contributed by atoms with Gasteiger partial charge in [0.2, 0.25) is 5.95 Å². The standard InChI is InChI=1S/C14H19FN2O/c1-2-4-11-7-9-17(10-8-11)14(18)12-5-3-6-13(15)16-12/h3,5-6,11H,2,4,7-10H2,1H3. The number of hydrogen-bond acceptors (Lipinski definition) is 2. The van der Waals surface area contributed by atoms with Crippen molar-refractivity contribution in [3.63, 3.8) is 0 Å². The van der Waals surface area contributed by atoms with Crippen LogP contribution in [0.5, 0.6) is 0 Å². The second kappa shape index (κ2) is 5.94. The SMILES string of the molecule is CCCC1CCN(C(=O)c2cccc(F)n2)CC1. The molecule has 1 aromatic heterocycles. The fourth-order valence-electron chi connectivity index (χ4n) is 2.52. The zero-order chi connectivity index (χ0) is 13.0. The van der Waals surface area contributed by atoms with Crippen LogP contribution in [-0.4, -0.2) is 28.9 Å². The number of carbonyl (C=O) groups excluding carboxylic acids is 1. The fraction of sp³-hybridized carbons (Fsp3) is 0.571. The Morgan fingerprint density at radius 2 is 2.17 bits per heavy atom.